The second kappa shape index (κ2) is 9.03. The van der Waals surface area contributed by atoms with E-state index < -0.39 is 68.6 Å². The number of allylic oxidation sites excluding steroid dienone is 2. The van der Waals surface area contributed by atoms with E-state index in [1.165, 1.54) is 6.07 Å². The molecule has 4 aliphatic rings. The van der Waals surface area contributed by atoms with Gasteiger partial charge >= 0.3 is 0 Å². The summed E-state index contributed by atoms with van der Waals surface area (Å²) in [6.45, 7) is 0. The number of rotatable bonds is 3. The number of phenolic OH excluding ortho intramolecular Hbond substituents is 1. The fraction of sp³-hybridized carbons (Fsp3) is 0.333. The van der Waals surface area contributed by atoms with E-state index in [1.54, 1.807) is 30.3 Å². The van der Waals surface area contributed by atoms with Crippen LogP contribution in [-0.2, 0) is 19.2 Å². The Bertz CT molecular complexity index is 1500. The largest absolute Gasteiger partial charge is 0.505 e. The second-order valence-electron chi connectivity index (χ2n) is 10.2. The predicted molar refractivity (Wildman–Crippen MR) is 145 cm³/mol. The van der Waals surface area contributed by atoms with Crippen molar-refractivity contribution in [3.63, 3.8) is 0 Å². The highest BCUT2D eigenvalue weighted by Gasteiger charge is 2.76. The van der Waals surface area contributed by atoms with Gasteiger partial charge in [-0.05, 0) is 60.7 Å². The molecule has 2 aliphatic carbocycles. The summed E-state index contributed by atoms with van der Waals surface area (Å²) in [4.78, 5) is 52.6. The van der Waals surface area contributed by atoms with Gasteiger partial charge in [-0.25, -0.2) is 4.39 Å². The molecule has 3 fully saturated rings. The molecule has 0 unspecified atom stereocenters. The third kappa shape index (κ3) is 3.46. The van der Waals surface area contributed by atoms with E-state index in [-0.39, 0.29) is 23.9 Å². The summed E-state index contributed by atoms with van der Waals surface area (Å²) in [5.74, 6) is -7.34. The van der Waals surface area contributed by atoms with Crippen LogP contribution >= 0.6 is 50.7 Å². The van der Waals surface area contributed by atoms with Gasteiger partial charge in [0.1, 0.15) is 0 Å². The van der Waals surface area contributed by atoms with Crippen molar-refractivity contribution < 1.29 is 28.7 Å². The Labute approximate surface area is 245 Å². The second-order valence-corrected chi connectivity index (χ2v) is 12.4. The lowest BCUT2D eigenvalue weighted by atomic mass is 9.56. The smallest absolute Gasteiger partial charge is 0.254 e. The number of nitrogens with zero attached hydrogens (tertiary/aromatic N) is 2. The predicted octanol–water partition coefficient (Wildman–Crippen LogP) is 5.10. The minimum atomic E-state index is -2.04. The van der Waals surface area contributed by atoms with Crippen molar-refractivity contribution in [2.24, 2.45) is 17.8 Å². The molecule has 0 bridgehead atoms. The zero-order valence-electron chi connectivity index (χ0n) is 19.9. The van der Waals surface area contributed by atoms with Crippen LogP contribution in [0.2, 0.25) is 5.02 Å². The van der Waals surface area contributed by atoms with Crippen molar-refractivity contribution in [3.8, 4) is 5.75 Å². The highest BCUT2D eigenvalue weighted by Crippen LogP contribution is 2.65. The van der Waals surface area contributed by atoms with Crippen molar-refractivity contribution in [2.75, 3.05) is 10.4 Å². The number of benzene rings is 2. The Kier molecular flexibility index (Phi) is 6.19. The lowest BCUT2D eigenvalue weighted by Crippen LogP contribution is -2.60. The average molecular weight is 657 g/mol. The fourth-order valence-electron chi connectivity index (χ4n) is 6.67. The first-order valence-corrected chi connectivity index (χ1v) is 14.3. The van der Waals surface area contributed by atoms with Gasteiger partial charge in [0.05, 0.1) is 23.0 Å². The lowest BCUT2D eigenvalue weighted by molar-refractivity contribution is -0.138. The molecule has 4 amide bonds. The fourth-order valence-corrected chi connectivity index (χ4v) is 8.23. The number of carbonyl (C=O) groups is 4. The van der Waals surface area contributed by atoms with Crippen molar-refractivity contribution >= 4 is 80.0 Å². The first kappa shape index (κ1) is 26.7. The number of hydrogen-bond donors (Lipinski definition) is 1. The molecule has 2 aromatic carbocycles. The van der Waals surface area contributed by atoms with E-state index in [2.05, 4.69) is 15.9 Å². The number of aromatic hydroxyl groups is 1. The number of hydrogen-bond acceptors (Lipinski definition) is 5. The Hall–Kier alpha value is -2.46. The van der Waals surface area contributed by atoms with Crippen LogP contribution in [-0.4, -0.2) is 48.8 Å². The summed E-state index contributed by atoms with van der Waals surface area (Å²) in [5.41, 5.74) is 0.943. The van der Waals surface area contributed by atoms with Crippen LogP contribution < -0.4 is 4.90 Å². The van der Waals surface area contributed by atoms with Crippen LogP contribution in [0.4, 0.5) is 10.1 Å². The number of imide groups is 2. The molecule has 6 atom stereocenters. The number of phenols is 1. The van der Waals surface area contributed by atoms with Crippen LogP contribution in [0.3, 0.4) is 0 Å². The van der Waals surface area contributed by atoms with Gasteiger partial charge in [-0.15, -0.1) is 23.2 Å². The molecular weight excluding hydrogens is 638 g/mol. The molecule has 12 heteroatoms. The number of alkyl halides is 3. The Morgan fingerprint density at radius 1 is 1.00 bits per heavy atom. The first-order chi connectivity index (χ1) is 18.5. The van der Waals surface area contributed by atoms with Gasteiger partial charge in [0.2, 0.25) is 11.8 Å². The summed E-state index contributed by atoms with van der Waals surface area (Å²) >= 11 is 23.3. The molecule has 6 rings (SSSR count). The average Bonchev–Trinajstić information content (AvgIpc) is 3.24. The minimum absolute atomic E-state index is 0.165. The topological polar surface area (TPSA) is 95.0 Å². The van der Waals surface area contributed by atoms with Gasteiger partial charge in [-0.2, -0.15) is 0 Å². The standard InChI is InChI=1S/C27H19BrCl3FN2O5/c28-11-33-24(38)26(30)10-17-15(21(27(26,31)25(33)39)12-1-8-19(35)18(32)9-12)6-7-16-20(17)23(37)34(22(16)36)14-4-2-13(29)3-5-14/h1-6,8-9,16-17,20-21,35H,7,10-11H2/t16-,17+,20-,21-,26+,27-/m0/s1. The maximum absolute atomic E-state index is 14.6. The van der Waals surface area contributed by atoms with Crippen LogP contribution in [0.25, 0.3) is 0 Å². The number of halogens is 5. The van der Waals surface area contributed by atoms with Crippen LogP contribution in [0.5, 0.6) is 5.75 Å². The van der Waals surface area contributed by atoms with E-state index in [9.17, 15) is 28.7 Å². The molecule has 2 aromatic rings. The number of anilines is 1. The van der Waals surface area contributed by atoms with E-state index in [0.29, 0.717) is 16.3 Å². The summed E-state index contributed by atoms with van der Waals surface area (Å²) in [6, 6.07) is 9.90. The van der Waals surface area contributed by atoms with Gasteiger partial charge < -0.3 is 5.11 Å². The molecule has 1 saturated carbocycles. The molecule has 2 heterocycles. The molecule has 2 aliphatic heterocycles. The van der Waals surface area contributed by atoms with Crippen LogP contribution in [0.1, 0.15) is 24.3 Å². The summed E-state index contributed by atoms with van der Waals surface area (Å²) in [7, 11) is 0. The molecule has 0 aromatic heterocycles. The summed E-state index contributed by atoms with van der Waals surface area (Å²) in [5, 5.41) is 10.3. The normalized spacial score (nSPS) is 33.7. The van der Waals surface area contributed by atoms with E-state index in [4.69, 9.17) is 34.8 Å². The monoisotopic (exact) mass is 654 g/mol. The third-order valence-corrected chi connectivity index (χ3v) is 10.6. The van der Waals surface area contributed by atoms with Crippen molar-refractivity contribution in [1.82, 2.24) is 4.90 Å². The van der Waals surface area contributed by atoms with Crippen molar-refractivity contribution in [2.45, 2.75) is 28.5 Å². The van der Waals surface area contributed by atoms with Crippen LogP contribution in [0, 0.1) is 23.6 Å². The molecule has 7 nitrogen and oxygen atoms in total. The van der Waals surface area contributed by atoms with Gasteiger partial charge in [-0.1, -0.05) is 45.2 Å². The molecule has 1 N–H and O–H groups in total. The van der Waals surface area contributed by atoms with Crippen molar-refractivity contribution in [1.29, 1.82) is 0 Å². The van der Waals surface area contributed by atoms with Crippen LogP contribution in [0.15, 0.2) is 54.1 Å². The zero-order chi connectivity index (χ0) is 28.0. The molecule has 0 spiro atoms. The lowest BCUT2D eigenvalue weighted by Gasteiger charge is -2.50. The summed E-state index contributed by atoms with van der Waals surface area (Å²) < 4.78 is 14.6. The molecule has 2 saturated heterocycles. The third-order valence-electron chi connectivity index (χ3n) is 8.40. The highest BCUT2D eigenvalue weighted by molar-refractivity contribution is 9.09. The van der Waals surface area contributed by atoms with E-state index >= 15 is 0 Å². The van der Waals surface area contributed by atoms with Crippen molar-refractivity contribution in [3.05, 3.63) is 70.5 Å². The first-order valence-electron chi connectivity index (χ1n) is 12.1. The number of likely N-dealkylation sites (tertiary alicyclic amines) is 1. The Morgan fingerprint density at radius 2 is 1.69 bits per heavy atom. The number of fused-ring (bicyclic) bond motifs is 4. The zero-order valence-corrected chi connectivity index (χ0v) is 23.8. The number of amides is 4. The Morgan fingerprint density at radius 3 is 2.33 bits per heavy atom. The number of carbonyl (C=O) groups excluding carboxylic acids is 4. The van der Waals surface area contributed by atoms with Gasteiger partial charge in [0.15, 0.2) is 21.3 Å². The van der Waals surface area contributed by atoms with Gasteiger partial charge in [0, 0.05) is 10.9 Å². The molecule has 39 heavy (non-hydrogen) atoms. The molecule has 202 valence electrons. The maximum Gasteiger partial charge on any atom is 0.254 e. The quantitative estimate of drug-likeness (QED) is 0.215. The molecular formula is C27H19BrCl3FN2O5. The Balaban J connectivity index is 1.52. The van der Waals surface area contributed by atoms with E-state index in [1.807, 2.05) is 0 Å². The maximum atomic E-state index is 14.6. The SMILES string of the molecule is O=C1[C@H]2[C@H](CC=C3[C@H]2C[C@@]2(Cl)C(=O)N(CBr)C(=O)[C@@]2(Cl)[C@H]3c2ccc(O)c(F)c2)C(=O)N1c1ccc(Cl)cc1. The summed E-state index contributed by atoms with van der Waals surface area (Å²) in [6.07, 6.45) is 1.76. The van der Waals surface area contributed by atoms with Gasteiger partial charge in [-0.3, -0.25) is 29.0 Å². The minimum Gasteiger partial charge on any atom is -0.505 e. The van der Waals surface area contributed by atoms with E-state index in [0.717, 1.165) is 21.9 Å². The van der Waals surface area contributed by atoms with Gasteiger partial charge in [0.25, 0.3) is 11.8 Å². The molecule has 0 radical (unpaired) electrons. The highest BCUT2D eigenvalue weighted by atomic mass is 79.9.